The maximum Gasteiger partial charge on any atom is 0.329 e. The van der Waals surface area contributed by atoms with Gasteiger partial charge in [0.25, 0.3) is 5.91 Å². The number of nitrogens with zero attached hydrogens (tertiary/aromatic N) is 1. The van der Waals surface area contributed by atoms with Crippen LogP contribution in [0.15, 0.2) is 30.3 Å². The number of imide groups is 1. The van der Waals surface area contributed by atoms with E-state index in [-0.39, 0.29) is 11.9 Å². The molecule has 3 aliphatic rings. The summed E-state index contributed by atoms with van der Waals surface area (Å²) >= 11 is 0. The van der Waals surface area contributed by atoms with Crippen LogP contribution < -0.4 is 10.2 Å². The van der Waals surface area contributed by atoms with Crippen LogP contribution in [0.2, 0.25) is 0 Å². The predicted octanol–water partition coefficient (Wildman–Crippen LogP) is 1.98. The van der Waals surface area contributed by atoms with Gasteiger partial charge in [0.2, 0.25) is 0 Å². The van der Waals surface area contributed by atoms with Crippen molar-refractivity contribution in [1.82, 2.24) is 10.2 Å². The lowest BCUT2D eigenvalue weighted by Crippen LogP contribution is -3.14. The van der Waals surface area contributed by atoms with Gasteiger partial charge in [0.1, 0.15) is 5.54 Å². The van der Waals surface area contributed by atoms with Crippen molar-refractivity contribution in [2.24, 2.45) is 11.8 Å². The average molecular weight is 371 g/mol. The van der Waals surface area contributed by atoms with Gasteiger partial charge in [-0.05, 0) is 62.3 Å². The van der Waals surface area contributed by atoms with E-state index in [1.807, 2.05) is 0 Å². The number of likely N-dealkylation sites (tertiary alicyclic amines) is 1. The van der Waals surface area contributed by atoms with Crippen molar-refractivity contribution in [3.05, 3.63) is 35.9 Å². The van der Waals surface area contributed by atoms with E-state index in [1.54, 1.807) is 0 Å². The van der Waals surface area contributed by atoms with Gasteiger partial charge in [-0.3, -0.25) is 4.79 Å². The second-order valence-electron chi connectivity index (χ2n) is 8.97. The molecule has 0 unspecified atom stereocenters. The molecule has 5 heteroatoms. The minimum atomic E-state index is -0.603. The van der Waals surface area contributed by atoms with E-state index in [4.69, 9.17) is 0 Å². The molecule has 1 aromatic carbocycles. The first-order valence-corrected chi connectivity index (χ1v) is 10.6. The van der Waals surface area contributed by atoms with Crippen LogP contribution in [-0.4, -0.2) is 42.1 Å². The van der Waals surface area contributed by atoms with E-state index in [0.29, 0.717) is 18.5 Å². The average Bonchev–Trinajstić information content (AvgIpc) is 2.91. The number of amides is 3. The van der Waals surface area contributed by atoms with Crippen molar-refractivity contribution < 1.29 is 14.5 Å². The summed E-state index contributed by atoms with van der Waals surface area (Å²) in [4.78, 5) is 28.4. The zero-order chi connectivity index (χ0) is 18.9. The van der Waals surface area contributed by atoms with Gasteiger partial charge in [0.15, 0.2) is 6.67 Å². The quantitative estimate of drug-likeness (QED) is 0.797. The fourth-order valence-electron chi connectivity index (χ4n) is 5.03. The number of piperidine rings is 1. The van der Waals surface area contributed by atoms with Crippen LogP contribution >= 0.6 is 0 Å². The molecule has 27 heavy (non-hydrogen) atoms. The first-order valence-electron chi connectivity index (χ1n) is 10.6. The molecule has 146 valence electrons. The summed E-state index contributed by atoms with van der Waals surface area (Å²) in [7, 11) is 0. The predicted molar refractivity (Wildman–Crippen MR) is 104 cm³/mol. The van der Waals surface area contributed by atoms with Crippen LogP contribution in [0.5, 0.6) is 0 Å². The molecule has 2 saturated heterocycles. The Labute approximate surface area is 162 Å². The topological polar surface area (TPSA) is 53.9 Å². The molecule has 5 nitrogen and oxygen atoms in total. The molecule has 0 atom stereocenters. The first-order chi connectivity index (χ1) is 13.1. The number of hydrogen-bond acceptors (Lipinski definition) is 2. The highest BCUT2D eigenvalue weighted by Crippen LogP contribution is 2.36. The summed E-state index contributed by atoms with van der Waals surface area (Å²) < 4.78 is 0. The zero-order valence-electron chi connectivity index (χ0n) is 16.4. The molecule has 4 rings (SSSR count). The van der Waals surface area contributed by atoms with Gasteiger partial charge in [0, 0.05) is 0 Å². The highest BCUT2D eigenvalue weighted by molar-refractivity contribution is 6.06. The van der Waals surface area contributed by atoms with Crippen LogP contribution in [-0.2, 0) is 11.2 Å². The molecule has 1 saturated carbocycles. The number of urea groups is 1. The van der Waals surface area contributed by atoms with E-state index in [9.17, 15) is 9.59 Å². The van der Waals surface area contributed by atoms with Gasteiger partial charge in [-0.25, -0.2) is 9.69 Å². The molecule has 2 heterocycles. The van der Waals surface area contributed by atoms with Gasteiger partial charge in [-0.1, -0.05) is 37.3 Å². The van der Waals surface area contributed by atoms with E-state index in [2.05, 4.69) is 42.6 Å². The Balaban J connectivity index is 1.30. The van der Waals surface area contributed by atoms with Gasteiger partial charge in [-0.15, -0.1) is 0 Å². The number of rotatable bonds is 4. The fraction of sp³-hybridized carbons (Fsp3) is 0.636. The van der Waals surface area contributed by atoms with Gasteiger partial charge < -0.3 is 10.2 Å². The minimum absolute atomic E-state index is 0.0262. The normalized spacial score (nSPS) is 34.1. The van der Waals surface area contributed by atoms with E-state index < -0.39 is 5.54 Å². The summed E-state index contributed by atoms with van der Waals surface area (Å²) in [5, 5.41) is 3.04. The van der Waals surface area contributed by atoms with Crippen LogP contribution in [0.25, 0.3) is 0 Å². The third-order valence-corrected chi connectivity index (χ3v) is 6.93. The summed E-state index contributed by atoms with van der Waals surface area (Å²) in [6.07, 6.45) is 7.11. The lowest BCUT2D eigenvalue weighted by Gasteiger charge is -2.34. The molecule has 3 fully saturated rings. The Bertz CT molecular complexity index is 674. The van der Waals surface area contributed by atoms with Crippen molar-refractivity contribution in [3.8, 4) is 0 Å². The Hall–Kier alpha value is -1.88. The van der Waals surface area contributed by atoms with Gasteiger partial charge in [0.05, 0.1) is 13.1 Å². The van der Waals surface area contributed by atoms with Gasteiger partial charge >= 0.3 is 6.03 Å². The third kappa shape index (κ3) is 3.88. The lowest BCUT2D eigenvalue weighted by atomic mass is 9.77. The minimum Gasteiger partial charge on any atom is -0.323 e. The maximum atomic E-state index is 13.0. The molecule has 0 bridgehead atoms. The SMILES string of the molecule is CC1CCC2(CC1)NC(=O)N(C[NH+]1CCC(Cc3ccccc3)CC1)C2=O. The van der Waals surface area contributed by atoms with Crippen LogP contribution in [0.3, 0.4) is 0 Å². The second-order valence-corrected chi connectivity index (χ2v) is 8.97. The summed E-state index contributed by atoms with van der Waals surface area (Å²) in [5.74, 6) is 1.40. The molecule has 0 radical (unpaired) electrons. The van der Waals surface area contributed by atoms with Crippen molar-refractivity contribution >= 4 is 11.9 Å². The van der Waals surface area contributed by atoms with Crippen LogP contribution in [0.1, 0.15) is 51.0 Å². The van der Waals surface area contributed by atoms with Crippen molar-refractivity contribution in [2.45, 2.75) is 57.4 Å². The molecule has 1 aliphatic carbocycles. The number of nitrogens with one attached hydrogen (secondary N) is 2. The highest BCUT2D eigenvalue weighted by atomic mass is 16.2. The maximum absolute atomic E-state index is 13.0. The molecular formula is C22H32N3O2+. The number of carbonyl (C=O) groups is 2. The summed E-state index contributed by atoms with van der Waals surface area (Å²) in [6.45, 7) is 4.84. The Morgan fingerprint density at radius 2 is 1.74 bits per heavy atom. The highest BCUT2D eigenvalue weighted by Gasteiger charge is 2.53. The Morgan fingerprint density at radius 3 is 2.41 bits per heavy atom. The first kappa shape index (κ1) is 18.5. The fourth-order valence-corrected chi connectivity index (χ4v) is 5.03. The van der Waals surface area contributed by atoms with Crippen molar-refractivity contribution in [1.29, 1.82) is 0 Å². The third-order valence-electron chi connectivity index (χ3n) is 6.93. The van der Waals surface area contributed by atoms with Crippen molar-refractivity contribution in [2.75, 3.05) is 19.8 Å². The number of hydrogen-bond donors (Lipinski definition) is 2. The van der Waals surface area contributed by atoms with E-state index in [0.717, 1.165) is 58.0 Å². The standard InChI is InChI=1S/C22H31N3O2/c1-17-7-11-22(12-8-17)20(26)25(21(27)23-22)16-24-13-9-19(10-14-24)15-18-5-3-2-4-6-18/h2-6,17,19H,7-16H2,1H3,(H,23,27)/p+1. The van der Waals surface area contributed by atoms with Crippen molar-refractivity contribution in [3.63, 3.8) is 0 Å². The van der Waals surface area contributed by atoms with Gasteiger partial charge in [-0.2, -0.15) is 0 Å². The van der Waals surface area contributed by atoms with Crippen LogP contribution in [0, 0.1) is 11.8 Å². The van der Waals surface area contributed by atoms with Crippen LogP contribution in [0.4, 0.5) is 4.79 Å². The van der Waals surface area contributed by atoms with E-state index >= 15 is 0 Å². The number of quaternary nitrogens is 1. The molecule has 0 aromatic heterocycles. The lowest BCUT2D eigenvalue weighted by molar-refractivity contribution is -0.913. The second kappa shape index (κ2) is 7.63. The Morgan fingerprint density at radius 1 is 1.07 bits per heavy atom. The van der Waals surface area contributed by atoms with E-state index in [1.165, 1.54) is 15.4 Å². The molecule has 1 spiro atoms. The zero-order valence-corrected chi connectivity index (χ0v) is 16.4. The summed E-state index contributed by atoms with van der Waals surface area (Å²) in [5.41, 5.74) is 0.808. The smallest absolute Gasteiger partial charge is 0.323 e. The summed E-state index contributed by atoms with van der Waals surface area (Å²) in [6, 6.07) is 10.5. The molecule has 2 N–H and O–H groups in total. The Kier molecular flexibility index (Phi) is 5.22. The molecule has 3 amide bonds. The number of carbonyl (C=O) groups excluding carboxylic acids is 2. The monoisotopic (exact) mass is 370 g/mol. The molecule has 1 aromatic rings. The molecular weight excluding hydrogens is 338 g/mol. The number of benzene rings is 1. The molecule has 2 aliphatic heterocycles. The largest absolute Gasteiger partial charge is 0.329 e.